The summed E-state index contributed by atoms with van der Waals surface area (Å²) < 4.78 is 0. The van der Waals surface area contributed by atoms with Crippen LogP contribution < -0.4 is 5.73 Å². The molecule has 2 nitrogen and oxygen atoms in total. The first-order valence-electron chi connectivity index (χ1n) is 7.09. The van der Waals surface area contributed by atoms with Crippen LogP contribution in [-0.4, -0.2) is 29.6 Å². The lowest BCUT2D eigenvalue weighted by Crippen LogP contribution is -2.58. The second-order valence-electron chi connectivity index (χ2n) is 5.52. The molecule has 0 aromatic carbocycles. The Labute approximate surface area is 102 Å². The van der Waals surface area contributed by atoms with Gasteiger partial charge >= 0.3 is 0 Å². The van der Waals surface area contributed by atoms with Gasteiger partial charge in [0.25, 0.3) is 0 Å². The van der Waals surface area contributed by atoms with Gasteiger partial charge in [-0.05, 0) is 38.8 Å². The number of nitrogens with zero attached hydrogens (tertiary/aromatic N) is 1. The van der Waals surface area contributed by atoms with E-state index in [4.69, 9.17) is 5.73 Å². The Balaban J connectivity index is 2.60. The molecule has 1 rings (SSSR count). The SMILES string of the molecule is CCN(CC)C(C)(CC)C(N)CC1CCC1. The molecule has 1 fully saturated rings. The van der Waals surface area contributed by atoms with Crippen LogP contribution in [0.5, 0.6) is 0 Å². The summed E-state index contributed by atoms with van der Waals surface area (Å²) in [4.78, 5) is 2.54. The van der Waals surface area contributed by atoms with Crippen molar-refractivity contribution in [2.75, 3.05) is 13.1 Å². The summed E-state index contributed by atoms with van der Waals surface area (Å²) in [6.45, 7) is 11.3. The minimum Gasteiger partial charge on any atom is -0.326 e. The van der Waals surface area contributed by atoms with Crippen molar-refractivity contribution in [3.8, 4) is 0 Å². The summed E-state index contributed by atoms with van der Waals surface area (Å²) in [7, 11) is 0. The number of nitrogens with two attached hydrogens (primary N) is 1. The smallest absolute Gasteiger partial charge is 0.0329 e. The van der Waals surface area contributed by atoms with Gasteiger partial charge in [-0.2, -0.15) is 0 Å². The molecule has 96 valence electrons. The van der Waals surface area contributed by atoms with Crippen LogP contribution in [-0.2, 0) is 0 Å². The molecule has 1 aliphatic rings. The molecule has 0 spiro atoms. The van der Waals surface area contributed by atoms with E-state index in [1.165, 1.54) is 25.7 Å². The van der Waals surface area contributed by atoms with Crippen LogP contribution >= 0.6 is 0 Å². The highest BCUT2D eigenvalue weighted by Crippen LogP contribution is 2.34. The Morgan fingerprint density at radius 3 is 2.12 bits per heavy atom. The first-order chi connectivity index (χ1) is 7.58. The molecule has 0 radical (unpaired) electrons. The predicted octanol–water partition coefficient (Wildman–Crippen LogP) is 3.01. The largest absolute Gasteiger partial charge is 0.326 e. The highest BCUT2D eigenvalue weighted by Gasteiger charge is 2.36. The Kier molecular flexibility index (Phi) is 5.26. The van der Waals surface area contributed by atoms with E-state index >= 15 is 0 Å². The Morgan fingerprint density at radius 2 is 1.81 bits per heavy atom. The van der Waals surface area contributed by atoms with Crippen LogP contribution in [0.1, 0.15) is 59.8 Å². The summed E-state index contributed by atoms with van der Waals surface area (Å²) in [6, 6.07) is 0.336. The van der Waals surface area contributed by atoms with Crippen molar-refractivity contribution in [3.05, 3.63) is 0 Å². The van der Waals surface area contributed by atoms with E-state index in [2.05, 4.69) is 32.6 Å². The van der Waals surface area contributed by atoms with E-state index < -0.39 is 0 Å². The molecular formula is C14H30N2. The molecule has 16 heavy (non-hydrogen) atoms. The highest BCUT2D eigenvalue weighted by molar-refractivity contribution is 4.95. The summed E-state index contributed by atoms with van der Waals surface area (Å²) in [5.74, 6) is 0.913. The van der Waals surface area contributed by atoms with Crippen LogP contribution in [0.4, 0.5) is 0 Å². The predicted molar refractivity (Wildman–Crippen MR) is 71.6 cm³/mol. The number of hydrogen-bond acceptors (Lipinski definition) is 2. The molecule has 0 bridgehead atoms. The van der Waals surface area contributed by atoms with E-state index in [1.54, 1.807) is 0 Å². The zero-order valence-corrected chi connectivity index (χ0v) is 11.6. The highest BCUT2D eigenvalue weighted by atomic mass is 15.2. The number of likely N-dealkylation sites (N-methyl/N-ethyl adjacent to an activating group) is 1. The quantitative estimate of drug-likeness (QED) is 0.723. The van der Waals surface area contributed by atoms with Crippen LogP contribution in [0.15, 0.2) is 0 Å². The van der Waals surface area contributed by atoms with Gasteiger partial charge in [-0.1, -0.05) is 40.0 Å². The average molecular weight is 226 g/mol. The van der Waals surface area contributed by atoms with Gasteiger partial charge in [0.1, 0.15) is 0 Å². The van der Waals surface area contributed by atoms with Crippen molar-refractivity contribution in [2.24, 2.45) is 11.7 Å². The fraction of sp³-hybridized carbons (Fsp3) is 1.00. The van der Waals surface area contributed by atoms with Crippen LogP contribution in [0.3, 0.4) is 0 Å². The van der Waals surface area contributed by atoms with Gasteiger partial charge in [-0.15, -0.1) is 0 Å². The summed E-state index contributed by atoms with van der Waals surface area (Å²) in [5, 5.41) is 0. The molecular weight excluding hydrogens is 196 g/mol. The maximum Gasteiger partial charge on any atom is 0.0329 e. The molecule has 0 aliphatic heterocycles. The lowest BCUT2D eigenvalue weighted by molar-refractivity contribution is 0.0684. The molecule has 0 amide bonds. The van der Waals surface area contributed by atoms with Crippen molar-refractivity contribution < 1.29 is 0 Å². The molecule has 2 N–H and O–H groups in total. The Bertz CT molecular complexity index is 197. The third-order valence-corrected chi connectivity index (χ3v) is 4.81. The first-order valence-corrected chi connectivity index (χ1v) is 7.09. The average Bonchev–Trinajstić information content (AvgIpc) is 2.24. The third kappa shape index (κ3) is 2.78. The molecule has 2 unspecified atom stereocenters. The zero-order chi connectivity index (χ0) is 12.2. The molecule has 0 aromatic heterocycles. The van der Waals surface area contributed by atoms with Crippen molar-refractivity contribution in [1.29, 1.82) is 0 Å². The van der Waals surface area contributed by atoms with Crippen LogP contribution in [0.25, 0.3) is 0 Å². The van der Waals surface area contributed by atoms with Crippen LogP contribution in [0.2, 0.25) is 0 Å². The van der Waals surface area contributed by atoms with E-state index in [-0.39, 0.29) is 5.54 Å². The topological polar surface area (TPSA) is 29.3 Å². The lowest BCUT2D eigenvalue weighted by atomic mass is 9.75. The Hall–Kier alpha value is -0.0800. The van der Waals surface area contributed by atoms with Crippen molar-refractivity contribution in [3.63, 3.8) is 0 Å². The molecule has 0 aromatic rings. The summed E-state index contributed by atoms with van der Waals surface area (Å²) in [5.41, 5.74) is 6.68. The minimum absolute atomic E-state index is 0.194. The van der Waals surface area contributed by atoms with Gasteiger partial charge in [-0.25, -0.2) is 0 Å². The van der Waals surface area contributed by atoms with Gasteiger partial charge in [0.05, 0.1) is 0 Å². The van der Waals surface area contributed by atoms with Gasteiger partial charge in [-0.3, -0.25) is 4.90 Å². The maximum atomic E-state index is 6.48. The summed E-state index contributed by atoms with van der Waals surface area (Å²) >= 11 is 0. The van der Waals surface area contributed by atoms with E-state index in [1.807, 2.05) is 0 Å². The fourth-order valence-electron chi connectivity index (χ4n) is 3.01. The molecule has 0 heterocycles. The Morgan fingerprint density at radius 1 is 1.25 bits per heavy atom. The molecule has 0 saturated heterocycles. The van der Waals surface area contributed by atoms with Crippen molar-refractivity contribution >= 4 is 0 Å². The minimum atomic E-state index is 0.194. The van der Waals surface area contributed by atoms with E-state index in [9.17, 15) is 0 Å². The standard InChI is InChI=1S/C14H30N2/c1-5-14(4,16(6-2)7-3)13(15)11-12-9-8-10-12/h12-13H,5-11,15H2,1-4H3. The van der Waals surface area contributed by atoms with Crippen LogP contribution in [0, 0.1) is 5.92 Å². The fourth-order valence-corrected chi connectivity index (χ4v) is 3.01. The van der Waals surface area contributed by atoms with Crippen molar-refractivity contribution in [2.45, 2.75) is 71.4 Å². The molecule has 1 aliphatic carbocycles. The number of hydrogen-bond donors (Lipinski definition) is 1. The molecule has 2 heteroatoms. The second-order valence-corrected chi connectivity index (χ2v) is 5.52. The second kappa shape index (κ2) is 6.02. The molecule has 1 saturated carbocycles. The van der Waals surface area contributed by atoms with Gasteiger partial charge < -0.3 is 5.73 Å². The third-order valence-electron chi connectivity index (χ3n) is 4.81. The maximum absolute atomic E-state index is 6.48. The van der Waals surface area contributed by atoms with Gasteiger partial charge in [0.2, 0.25) is 0 Å². The first kappa shape index (κ1) is 14.0. The normalized spacial score (nSPS) is 22.9. The van der Waals surface area contributed by atoms with E-state index in [0.29, 0.717) is 6.04 Å². The summed E-state index contributed by atoms with van der Waals surface area (Å²) in [6.07, 6.45) is 6.62. The number of rotatable bonds is 7. The van der Waals surface area contributed by atoms with Crippen molar-refractivity contribution in [1.82, 2.24) is 4.90 Å². The lowest BCUT2D eigenvalue weighted by Gasteiger charge is -2.46. The van der Waals surface area contributed by atoms with Gasteiger partial charge in [0, 0.05) is 11.6 Å². The zero-order valence-electron chi connectivity index (χ0n) is 11.6. The monoisotopic (exact) mass is 226 g/mol. The molecule has 2 atom stereocenters. The van der Waals surface area contributed by atoms with Gasteiger partial charge in [0.15, 0.2) is 0 Å². The van der Waals surface area contributed by atoms with E-state index in [0.717, 1.165) is 25.4 Å².